The van der Waals surface area contributed by atoms with Gasteiger partial charge < -0.3 is 0 Å². The lowest BCUT2D eigenvalue weighted by Gasteiger charge is -2.00. The van der Waals surface area contributed by atoms with Crippen LogP contribution in [0.3, 0.4) is 0 Å². The molecule has 0 saturated heterocycles. The number of rotatable bonds is 4. The fourth-order valence-corrected chi connectivity index (χ4v) is 1.35. The smallest absolute Gasteiger partial charge is 0.0149 e. The van der Waals surface area contributed by atoms with Crippen LogP contribution in [0.4, 0.5) is 0 Å². The highest BCUT2D eigenvalue weighted by molar-refractivity contribution is 5.20. The third kappa shape index (κ3) is 3.08. The van der Waals surface area contributed by atoms with Gasteiger partial charge in [-0.05, 0) is 31.4 Å². The highest BCUT2D eigenvalue weighted by Crippen LogP contribution is 2.07. The van der Waals surface area contributed by atoms with Crippen LogP contribution in [0, 0.1) is 13.0 Å². The molecule has 0 nitrogen and oxygen atoms in total. The summed E-state index contributed by atoms with van der Waals surface area (Å²) in [5.41, 5.74) is 2.71. The average Bonchev–Trinajstić information content (AvgIpc) is 2.05. The highest BCUT2D eigenvalue weighted by Gasteiger charge is 1.92. The molecule has 0 atom stereocenters. The van der Waals surface area contributed by atoms with E-state index in [4.69, 9.17) is 0 Å². The summed E-state index contributed by atoms with van der Waals surface area (Å²) in [5, 5.41) is 0. The molecule has 0 amide bonds. The Morgan fingerprint density at radius 1 is 1.33 bits per heavy atom. The Morgan fingerprint density at radius 2 is 2.17 bits per heavy atom. The first-order valence-corrected chi connectivity index (χ1v) is 4.80. The molecule has 12 heavy (non-hydrogen) atoms. The largest absolute Gasteiger partial charge is 0.0654 e. The maximum Gasteiger partial charge on any atom is -0.0149 e. The Morgan fingerprint density at radius 3 is 2.83 bits per heavy atom. The van der Waals surface area contributed by atoms with E-state index in [1.807, 2.05) is 6.07 Å². The van der Waals surface area contributed by atoms with Gasteiger partial charge in [0.15, 0.2) is 0 Å². The second-order valence-corrected chi connectivity index (χ2v) is 3.35. The number of aryl methyl sites for hydroxylation is 2. The fourth-order valence-electron chi connectivity index (χ4n) is 1.35. The van der Waals surface area contributed by atoms with E-state index in [2.05, 4.69) is 32.0 Å². The van der Waals surface area contributed by atoms with Crippen molar-refractivity contribution >= 4 is 0 Å². The quantitative estimate of drug-likeness (QED) is 0.593. The van der Waals surface area contributed by atoms with Gasteiger partial charge >= 0.3 is 0 Å². The number of hydrogen-bond donors (Lipinski definition) is 0. The topological polar surface area (TPSA) is 0 Å². The molecule has 0 heteroatoms. The Balaban J connectivity index is 2.41. The molecule has 0 bridgehead atoms. The summed E-state index contributed by atoms with van der Waals surface area (Å²) in [4.78, 5) is 0. The van der Waals surface area contributed by atoms with Crippen LogP contribution >= 0.6 is 0 Å². The van der Waals surface area contributed by atoms with Crippen LogP contribution in [-0.4, -0.2) is 0 Å². The van der Waals surface area contributed by atoms with E-state index in [9.17, 15) is 0 Å². The molecule has 0 aliphatic carbocycles. The van der Waals surface area contributed by atoms with E-state index in [1.165, 1.54) is 36.8 Å². The van der Waals surface area contributed by atoms with Gasteiger partial charge in [0.25, 0.3) is 0 Å². The minimum atomic E-state index is 1.19. The normalized spacial score (nSPS) is 10.2. The van der Waals surface area contributed by atoms with Crippen molar-refractivity contribution in [3.63, 3.8) is 0 Å². The molecule has 0 saturated carbocycles. The Hall–Kier alpha value is -0.780. The first-order valence-electron chi connectivity index (χ1n) is 4.80. The van der Waals surface area contributed by atoms with Gasteiger partial charge in [0.1, 0.15) is 0 Å². The third-order valence-electron chi connectivity index (χ3n) is 2.07. The van der Waals surface area contributed by atoms with Crippen molar-refractivity contribution < 1.29 is 0 Å². The molecule has 1 radical (unpaired) electrons. The van der Waals surface area contributed by atoms with Gasteiger partial charge in [-0.25, -0.2) is 0 Å². The Kier molecular flexibility index (Phi) is 3.86. The molecule has 1 aromatic rings. The molecule has 65 valence electrons. The summed E-state index contributed by atoms with van der Waals surface area (Å²) in [6.45, 7) is 4.37. The summed E-state index contributed by atoms with van der Waals surface area (Å²) in [5.74, 6) is 0. The molecule has 0 aliphatic heterocycles. The minimum Gasteiger partial charge on any atom is -0.0654 e. The van der Waals surface area contributed by atoms with E-state index in [-0.39, 0.29) is 0 Å². The Labute approximate surface area is 75.6 Å². The van der Waals surface area contributed by atoms with Gasteiger partial charge in [0.2, 0.25) is 0 Å². The molecule has 0 heterocycles. The molecule has 0 fully saturated rings. The zero-order valence-electron chi connectivity index (χ0n) is 8.06. The average molecular weight is 161 g/mol. The van der Waals surface area contributed by atoms with Crippen molar-refractivity contribution in [3.8, 4) is 0 Å². The lowest BCUT2D eigenvalue weighted by molar-refractivity contribution is 0.717. The van der Waals surface area contributed by atoms with E-state index >= 15 is 0 Å². The molecule has 0 spiro atoms. The summed E-state index contributed by atoms with van der Waals surface area (Å²) >= 11 is 0. The van der Waals surface area contributed by atoms with Crippen LogP contribution < -0.4 is 0 Å². The number of benzene rings is 1. The summed E-state index contributed by atoms with van der Waals surface area (Å²) in [6, 6.07) is 9.62. The van der Waals surface area contributed by atoms with Crippen molar-refractivity contribution in [2.24, 2.45) is 0 Å². The van der Waals surface area contributed by atoms with Crippen LogP contribution in [0.15, 0.2) is 18.2 Å². The van der Waals surface area contributed by atoms with E-state index in [0.29, 0.717) is 0 Å². The Bertz CT molecular complexity index is 225. The second kappa shape index (κ2) is 4.97. The van der Waals surface area contributed by atoms with Crippen LogP contribution in [0.1, 0.15) is 37.3 Å². The summed E-state index contributed by atoms with van der Waals surface area (Å²) in [7, 11) is 0. The fraction of sp³-hybridized carbons (Fsp3) is 0.500. The van der Waals surface area contributed by atoms with Gasteiger partial charge in [-0.3, -0.25) is 0 Å². The molecular formula is C12H17. The van der Waals surface area contributed by atoms with Crippen molar-refractivity contribution in [1.29, 1.82) is 0 Å². The lowest BCUT2D eigenvalue weighted by Crippen LogP contribution is -1.86. The van der Waals surface area contributed by atoms with E-state index < -0.39 is 0 Å². The zero-order chi connectivity index (χ0) is 8.81. The summed E-state index contributed by atoms with van der Waals surface area (Å²) < 4.78 is 0. The highest BCUT2D eigenvalue weighted by atomic mass is 14.0. The molecule has 0 unspecified atom stereocenters. The molecule has 1 aromatic carbocycles. The molecule has 0 aromatic heterocycles. The third-order valence-corrected chi connectivity index (χ3v) is 2.07. The maximum absolute atomic E-state index is 3.27. The standard InChI is InChI=1S/C12H17/c1-3-4-5-8-12-9-6-7-11(2)10-12/h6-7,10H,3-5,8H2,1-2H3. The van der Waals surface area contributed by atoms with Crippen LogP contribution in [0.5, 0.6) is 0 Å². The summed E-state index contributed by atoms with van der Waals surface area (Å²) in [6.07, 6.45) is 5.12. The van der Waals surface area contributed by atoms with E-state index in [0.717, 1.165) is 0 Å². The maximum atomic E-state index is 3.27. The van der Waals surface area contributed by atoms with Gasteiger partial charge in [-0.2, -0.15) is 0 Å². The first kappa shape index (κ1) is 9.31. The van der Waals surface area contributed by atoms with Crippen LogP contribution in [0.25, 0.3) is 0 Å². The zero-order valence-corrected chi connectivity index (χ0v) is 8.06. The first-order chi connectivity index (χ1) is 5.83. The van der Waals surface area contributed by atoms with Crippen molar-refractivity contribution in [2.45, 2.75) is 39.5 Å². The number of hydrogen-bond acceptors (Lipinski definition) is 0. The van der Waals surface area contributed by atoms with Crippen LogP contribution in [-0.2, 0) is 6.42 Å². The SMILES string of the molecule is CCCCCc1[c]ccc(C)c1. The van der Waals surface area contributed by atoms with Crippen molar-refractivity contribution in [1.82, 2.24) is 0 Å². The molecule has 1 rings (SSSR count). The van der Waals surface area contributed by atoms with Gasteiger partial charge in [0, 0.05) is 0 Å². The lowest BCUT2D eigenvalue weighted by atomic mass is 10.1. The minimum absolute atomic E-state index is 1.19. The molecule has 0 aliphatic rings. The van der Waals surface area contributed by atoms with Crippen LogP contribution in [0.2, 0.25) is 0 Å². The predicted molar refractivity (Wildman–Crippen MR) is 53.2 cm³/mol. The number of unbranched alkanes of at least 4 members (excludes halogenated alkanes) is 2. The van der Waals surface area contributed by atoms with Gasteiger partial charge in [-0.1, -0.05) is 43.5 Å². The van der Waals surface area contributed by atoms with Crippen molar-refractivity contribution in [2.75, 3.05) is 0 Å². The van der Waals surface area contributed by atoms with Gasteiger partial charge in [-0.15, -0.1) is 0 Å². The monoisotopic (exact) mass is 161 g/mol. The molecular weight excluding hydrogens is 144 g/mol. The second-order valence-electron chi connectivity index (χ2n) is 3.35. The van der Waals surface area contributed by atoms with E-state index in [1.54, 1.807) is 0 Å². The van der Waals surface area contributed by atoms with Crippen molar-refractivity contribution in [3.05, 3.63) is 35.4 Å². The molecule has 0 N–H and O–H groups in total. The van der Waals surface area contributed by atoms with Gasteiger partial charge in [0.05, 0.1) is 0 Å². The predicted octanol–water partition coefficient (Wildman–Crippen LogP) is 3.53.